The molecular formula is C21H27N3O2. The summed E-state index contributed by atoms with van der Waals surface area (Å²) in [5, 5.41) is 0. The molecule has 4 rings (SSSR count). The SMILES string of the molecule is COc1cccc2c1OCC(N1CCCN(Cc3ccncc3)CC1)C2. The minimum absolute atomic E-state index is 0.454. The molecule has 0 amide bonds. The van der Waals surface area contributed by atoms with E-state index in [4.69, 9.17) is 9.47 Å². The Bertz CT molecular complexity index is 722. The summed E-state index contributed by atoms with van der Waals surface area (Å²) < 4.78 is 11.5. The van der Waals surface area contributed by atoms with Gasteiger partial charge in [-0.3, -0.25) is 14.8 Å². The normalized spacial score (nSPS) is 21.5. The van der Waals surface area contributed by atoms with E-state index in [1.54, 1.807) is 7.11 Å². The quantitative estimate of drug-likeness (QED) is 0.845. The number of hydrogen-bond acceptors (Lipinski definition) is 5. The highest BCUT2D eigenvalue weighted by molar-refractivity contribution is 5.48. The van der Waals surface area contributed by atoms with Crippen LogP contribution in [0, 0.1) is 0 Å². The molecule has 1 aromatic heterocycles. The summed E-state index contributed by atoms with van der Waals surface area (Å²) >= 11 is 0. The van der Waals surface area contributed by atoms with Crippen molar-refractivity contribution in [2.24, 2.45) is 0 Å². The zero-order valence-electron chi connectivity index (χ0n) is 15.4. The number of benzene rings is 1. The highest BCUT2D eigenvalue weighted by Gasteiger charge is 2.28. The average Bonchev–Trinajstić information content (AvgIpc) is 2.93. The van der Waals surface area contributed by atoms with Crippen molar-refractivity contribution in [3.63, 3.8) is 0 Å². The van der Waals surface area contributed by atoms with Gasteiger partial charge in [-0.05, 0) is 55.3 Å². The van der Waals surface area contributed by atoms with E-state index in [1.807, 2.05) is 18.5 Å². The first-order valence-corrected chi connectivity index (χ1v) is 9.47. The van der Waals surface area contributed by atoms with Gasteiger partial charge in [0.2, 0.25) is 0 Å². The zero-order valence-corrected chi connectivity index (χ0v) is 15.4. The van der Waals surface area contributed by atoms with Crippen LogP contribution in [-0.2, 0) is 13.0 Å². The van der Waals surface area contributed by atoms with Crippen molar-refractivity contribution in [3.05, 3.63) is 53.9 Å². The molecule has 1 aromatic carbocycles. The molecule has 0 aliphatic carbocycles. The van der Waals surface area contributed by atoms with Crippen LogP contribution in [0.4, 0.5) is 0 Å². The Hall–Kier alpha value is -2.11. The fourth-order valence-corrected chi connectivity index (χ4v) is 4.03. The first kappa shape index (κ1) is 17.3. The van der Waals surface area contributed by atoms with Gasteiger partial charge >= 0.3 is 0 Å². The summed E-state index contributed by atoms with van der Waals surface area (Å²) in [6.07, 6.45) is 6.00. The Balaban J connectivity index is 1.37. The molecule has 2 aliphatic rings. The van der Waals surface area contributed by atoms with Crippen LogP contribution in [-0.4, -0.2) is 60.7 Å². The molecule has 5 nitrogen and oxygen atoms in total. The van der Waals surface area contributed by atoms with Gasteiger partial charge in [0.25, 0.3) is 0 Å². The summed E-state index contributed by atoms with van der Waals surface area (Å²) in [4.78, 5) is 9.27. The highest BCUT2D eigenvalue weighted by atomic mass is 16.5. The summed E-state index contributed by atoms with van der Waals surface area (Å²) in [6.45, 7) is 6.24. The minimum Gasteiger partial charge on any atom is -0.493 e. The lowest BCUT2D eigenvalue weighted by molar-refractivity contribution is 0.119. The molecule has 2 aliphatic heterocycles. The predicted molar refractivity (Wildman–Crippen MR) is 102 cm³/mol. The first-order valence-electron chi connectivity index (χ1n) is 9.47. The van der Waals surface area contributed by atoms with Crippen LogP contribution in [0.25, 0.3) is 0 Å². The molecule has 1 atom stereocenters. The van der Waals surface area contributed by atoms with Gasteiger partial charge in [-0.1, -0.05) is 12.1 Å². The summed E-state index contributed by atoms with van der Waals surface area (Å²) in [5.74, 6) is 1.78. The van der Waals surface area contributed by atoms with Crippen LogP contribution in [0.15, 0.2) is 42.7 Å². The van der Waals surface area contributed by atoms with E-state index < -0.39 is 0 Å². The molecule has 0 radical (unpaired) electrons. The van der Waals surface area contributed by atoms with Crippen LogP contribution in [0.1, 0.15) is 17.5 Å². The first-order chi connectivity index (χ1) is 12.8. The van der Waals surface area contributed by atoms with Gasteiger partial charge in [-0.2, -0.15) is 0 Å². The number of fused-ring (bicyclic) bond motifs is 1. The van der Waals surface area contributed by atoms with E-state index in [1.165, 1.54) is 17.5 Å². The van der Waals surface area contributed by atoms with Crippen LogP contribution >= 0.6 is 0 Å². The van der Waals surface area contributed by atoms with Crippen molar-refractivity contribution >= 4 is 0 Å². The van der Waals surface area contributed by atoms with Crippen molar-refractivity contribution in [2.45, 2.75) is 25.4 Å². The monoisotopic (exact) mass is 353 g/mol. The number of nitrogens with zero attached hydrogens (tertiary/aromatic N) is 3. The molecule has 0 saturated carbocycles. The van der Waals surface area contributed by atoms with Crippen molar-refractivity contribution < 1.29 is 9.47 Å². The maximum Gasteiger partial charge on any atom is 0.164 e. The van der Waals surface area contributed by atoms with Crippen LogP contribution in [0.3, 0.4) is 0 Å². The zero-order chi connectivity index (χ0) is 17.8. The predicted octanol–water partition coefficient (Wildman–Crippen LogP) is 2.60. The van der Waals surface area contributed by atoms with E-state index in [-0.39, 0.29) is 0 Å². The third kappa shape index (κ3) is 3.84. The van der Waals surface area contributed by atoms with E-state index >= 15 is 0 Å². The lowest BCUT2D eigenvalue weighted by Crippen LogP contribution is -2.44. The number of methoxy groups -OCH3 is 1. The number of rotatable bonds is 4. The van der Waals surface area contributed by atoms with Gasteiger partial charge in [0.05, 0.1) is 7.11 Å². The molecule has 3 heterocycles. The summed E-state index contributed by atoms with van der Waals surface area (Å²) in [5.41, 5.74) is 2.61. The second-order valence-corrected chi connectivity index (χ2v) is 7.14. The Labute approximate surface area is 155 Å². The Morgan fingerprint density at radius 3 is 2.85 bits per heavy atom. The van der Waals surface area contributed by atoms with E-state index in [0.717, 1.165) is 57.3 Å². The molecule has 138 valence electrons. The van der Waals surface area contributed by atoms with Crippen molar-refractivity contribution in [3.8, 4) is 11.5 Å². The third-order valence-electron chi connectivity index (χ3n) is 5.45. The van der Waals surface area contributed by atoms with Crippen molar-refractivity contribution in [2.75, 3.05) is 39.9 Å². The summed E-state index contributed by atoms with van der Waals surface area (Å²) in [6, 6.07) is 10.9. The van der Waals surface area contributed by atoms with Crippen LogP contribution in [0.2, 0.25) is 0 Å². The van der Waals surface area contributed by atoms with Gasteiger partial charge in [-0.15, -0.1) is 0 Å². The lowest BCUT2D eigenvalue weighted by atomic mass is 10.0. The van der Waals surface area contributed by atoms with Crippen LogP contribution in [0.5, 0.6) is 11.5 Å². The van der Waals surface area contributed by atoms with Gasteiger partial charge < -0.3 is 9.47 Å². The number of pyridine rings is 1. The number of hydrogen-bond donors (Lipinski definition) is 0. The maximum atomic E-state index is 6.09. The van der Waals surface area contributed by atoms with Gasteiger partial charge in [-0.25, -0.2) is 0 Å². The molecule has 0 bridgehead atoms. The molecule has 2 aromatic rings. The topological polar surface area (TPSA) is 37.8 Å². The third-order valence-corrected chi connectivity index (χ3v) is 5.45. The average molecular weight is 353 g/mol. The van der Waals surface area contributed by atoms with Gasteiger partial charge in [0.15, 0.2) is 11.5 Å². The molecule has 26 heavy (non-hydrogen) atoms. The second-order valence-electron chi connectivity index (χ2n) is 7.14. The molecule has 1 unspecified atom stereocenters. The molecule has 0 spiro atoms. The van der Waals surface area contributed by atoms with Gasteiger partial charge in [0, 0.05) is 38.1 Å². The van der Waals surface area contributed by atoms with E-state index in [0.29, 0.717) is 6.04 Å². The van der Waals surface area contributed by atoms with Crippen LogP contribution < -0.4 is 9.47 Å². The van der Waals surface area contributed by atoms with Gasteiger partial charge in [0.1, 0.15) is 6.61 Å². The standard InChI is InChI=1S/C21H27N3O2/c1-25-20-5-2-4-18-14-19(16-26-21(18)20)24-11-3-10-23(12-13-24)15-17-6-8-22-9-7-17/h2,4-9,19H,3,10-16H2,1H3. The highest BCUT2D eigenvalue weighted by Crippen LogP contribution is 2.35. The number of para-hydroxylation sites is 1. The second kappa shape index (κ2) is 8.06. The number of aromatic nitrogens is 1. The smallest absolute Gasteiger partial charge is 0.164 e. The lowest BCUT2D eigenvalue weighted by Gasteiger charge is -2.34. The minimum atomic E-state index is 0.454. The van der Waals surface area contributed by atoms with E-state index in [2.05, 4.69) is 39.0 Å². The largest absolute Gasteiger partial charge is 0.493 e. The number of ether oxygens (including phenoxy) is 2. The Morgan fingerprint density at radius 2 is 2.00 bits per heavy atom. The van der Waals surface area contributed by atoms with Crippen molar-refractivity contribution in [1.82, 2.24) is 14.8 Å². The summed E-state index contributed by atoms with van der Waals surface area (Å²) in [7, 11) is 1.71. The molecule has 1 fully saturated rings. The molecule has 1 saturated heterocycles. The molecule has 5 heteroatoms. The molecule has 0 N–H and O–H groups in total. The Morgan fingerprint density at radius 1 is 1.12 bits per heavy atom. The fraction of sp³-hybridized carbons (Fsp3) is 0.476. The van der Waals surface area contributed by atoms with Crippen molar-refractivity contribution in [1.29, 1.82) is 0 Å². The maximum absolute atomic E-state index is 6.09. The van der Waals surface area contributed by atoms with E-state index in [9.17, 15) is 0 Å². The fourth-order valence-electron chi connectivity index (χ4n) is 4.03. The Kier molecular flexibility index (Phi) is 5.37. The molecular weight excluding hydrogens is 326 g/mol.